The topological polar surface area (TPSA) is 79.0 Å². The van der Waals surface area contributed by atoms with Crippen molar-refractivity contribution in [2.24, 2.45) is 0 Å². The van der Waals surface area contributed by atoms with Gasteiger partial charge >= 0.3 is 12.4 Å². The second-order valence-electron chi connectivity index (χ2n) is 7.45. The van der Waals surface area contributed by atoms with Crippen molar-refractivity contribution in [1.29, 1.82) is 0 Å². The number of ether oxygens (including phenoxy) is 1. The molecule has 2 aliphatic heterocycles. The van der Waals surface area contributed by atoms with Gasteiger partial charge in [0.1, 0.15) is 17.8 Å². The van der Waals surface area contributed by atoms with Crippen LogP contribution in [0.4, 0.5) is 18.0 Å². The number of halogens is 3. The smallest absolute Gasteiger partial charge is 0.406 e. The molecule has 1 aromatic rings. The van der Waals surface area contributed by atoms with Crippen molar-refractivity contribution in [2.45, 2.75) is 51.1 Å². The molecule has 0 radical (unpaired) electrons. The van der Waals surface area contributed by atoms with E-state index in [-0.39, 0.29) is 24.1 Å². The molecule has 2 atom stereocenters. The predicted molar refractivity (Wildman–Crippen MR) is 95.7 cm³/mol. The molecule has 7 nitrogen and oxygen atoms in total. The molecule has 2 saturated heterocycles. The van der Waals surface area contributed by atoms with Gasteiger partial charge in [-0.05, 0) is 50.8 Å². The Kier molecular flexibility index (Phi) is 5.46. The third-order valence-corrected chi connectivity index (χ3v) is 5.36. The second kappa shape index (κ2) is 7.57. The lowest BCUT2D eigenvalue weighted by molar-refractivity contribution is -0.274. The van der Waals surface area contributed by atoms with Crippen LogP contribution in [0.5, 0.6) is 5.75 Å². The molecule has 2 heterocycles. The van der Waals surface area contributed by atoms with E-state index in [0.29, 0.717) is 6.54 Å². The number of hydrogen-bond donors (Lipinski definition) is 1. The minimum Gasteiger partial charge on any atom is -0.406 e. The summed E-state index contributed by atoms with van der Waals surface area (Å²) in [4.78, 5) is 40.4. The number of hydrogen-bond acceptors (Lipinski definition) is 4. The molecule has 3 rings (SSSR count). The summed E-state index contributed by atoms with van der Waals surface area (Å²) in [7, 11) is 0. The lowest BCUT2D eigenvalue weighted by Crippen LogP contribution is -2.48. The van der Waals surface area contributed by atoms with Crippen LogP contribution >= 0.6 is 0 Å². The molecular formula is C19H22F3N3O4. The fourth-order valence-electron chi connectivity index (χ4n) is 3.72. The highest BCUT2D eigenvalue weighted by molar-refractivity contribution is 6.09. The van der Waals surface area contributed by atoms with Crippen LogP contribution < -0.4 is 10.1 Å². The molecule has 0 aliphatic carbocycles. The third-order valence-electron chi connectivity index (χ3n) is 5.36. The van der Waals surface area contributed by atoms with Crippen LogP contribution in [-0.4, -0.2) is 53.1 Å². The average Bonchev–Trinajstić information content (AvgIpc) is 2.85. The number of amides is 4. The van der Waals surface area contributed by atoms with Gasteiger partial charge in [0.15, 0.2) is 0 Å². The van der Waals surface area contributed by atoms with Gasteiger partial charge in [-0.15, -0.1) is 13.2 Å². The average molecular weight is 413 g/mol. The first-order valence-corrected chi connectivity index (χ1v) is 9.31. The lowest BCUT2D eigenvalue weighted by atomic mass is 9.92. The van der Waals surface area contributed by atoms with Crippen molar-refractivity contribution in [3.05, 3.63) is 29.8 Å². The standard InChI is InChI=1S/C19H22F3N3O4/c1-12-5-3-4-10-24(12)15(26)11-25-16(27)18(2,23-17(25)28)13-6-8-14(9-7-13)29-19(20,21)22/h6-9,12H,3-5,10-11H2,1-2H3,(H,23,28). The van der Waals surface area contributed by atoms with Gasteiger partial charge in [-0.1, -0.05) is 12.1 Å². The summed E-state index contributed by atoms with van der Waals surface area (Å²) in [5.74, 6) is -1.38. The number of rotatable bonds is 4. The van der Waals surface area contributed by atoms with Gasteiger partial charge in [0.25, 0.3) is 5.91 Å². The first kappa shape index (κ1) is 20.9. The number of likely N-dealkylation sites (tertiary alicyclic amines) is 1. The Balaban J connectivity index is 1.74. The van der Waals surface area contributed by atoms with Gasteiger partial charge in [0.2, 0.25) is 5.91 Å². The van der Waals surface area contributed by atoms with E-state index < -0.39 is 29.6 Å². The predicted octanol–water partition coefficient (Wildman–Crippen LogP) is 2.75. The van der Waals surface area contributed by atoms with E-state index in [0.717, 1.165) is 36.3 Å². The van der Waals surface area contributed by atoms with Crippen LogP contribution in [0.25, 0.3) is 0 Å². The quantitative estimate of drug-likeness (QED) is 0.770. The number of imide groups is 1. The summed E-state index contributed by atoms with van der Waals surface area (Å²) in [6.45, 7) is 3.58. The Hall–Kier alpha value is -2.78. The van der Waals surface area contributed by atoms with Gasteiger partial charge in [0, 0.05) is 12.6 Å². The maximum atomic E-state index is 12.9. The molecule has 158 valence electrons. The molecule has 1 N–H and O–H groups in total. The van der Waals surface area contributed by atoms with Crippen molar-refractivity contribution in [2.75, 3.05) is 13.1 Å². The molecule has 0 spiro atoms. The van der Waals surface area contributed by atoms with E-state index in [2.05, 4.69) is 10.1 Å². The summed E-state index contributed by atoms with van der Waals surface area (Å²) in [6.07, 6.45) is -2.05. The lowest BCUT2D eigenvalue weighted by Gasteiger charge is -2.34. The SMILES string of the molecule is CC1CCCCN1C(=O)CN1C(=O)NC(C)(c2ccc(OC(F)(F)F)cc2)C1=O. The molecule has 2 unspecified atom stereocenters. The number of alkyl halides is 3. The Morgan fingerprint density at radius 3 is 2.48 bits per heavy atom. The van der Waals surface area contributed by atoms with Crippen molar-refractivity contribution >= 4 is 17.8 Å². The fourth-order valence-corrected chi connectivity index (χ4v) is 3.72. The normalized spacial score (nSPS) is 25.2. The van der Waals surface area contributed by atoms with Crippen molar-refractivity contribution in [3.8, 4) is 5.75 Å². The van der Waals surface area contributed by atoms with Crippen molar-refractivity contribution < 1.29 is 32.3 Å². The summed E-state index contributed by atoms with van der Waals surface area (Å²) < 4.78 is 40.7. The minimum atomic E-state index is -4.83. The van der Waals surface area contributed by atoms with E-state index in [9.17, 15) is 27.6 Å². The Morgan fingerprint density at radius 1 is 1.24 bits per heavy atom. The summed E-state index contributed by atoms with van der Waals surface area (Å²) in [5, 5.41) is 2.54. The fraction of sp³-hybridized carbons (Fsp3) is 0.526. The van der Waals surface area contributed by atoms with Crippen LogP contribution in [0, 0.1) is 0 Å². The Morgan fingerprint density at radius 2 is 1.90 bits per heavy atom. The Labute approximate surface area is 165 Å². The van der Waals surface area contributed by atoms with Crippen LogP contribution in [0.2, 0.25) is 0 Å². The second-order valence-corrected chi connectivity index (χ2v) is 7.45. The molecule has 29 heavy (non-hydrogen) atoms. The van der Waals surface area contributed by atoms with Crippen molar-refractivity contribution in [1.82, 2.24) is 15.1 Å². The molecule has 0 bridgehead atoms. The summed E-state index contributed by atoms with van der Waals surface area (Å²) in [5.41, 5.74) is -1.20. The van der Waals surface area contributed by atoms with Gasteiger partial charge in [-0.3, -0.25) is 14.5 Å². The number of piperidine rings is 1. The molecule has 2 aliphatic rings. The molecule has 10 heteroatoms. The highest BCUT2D eigenvalue weighted by Crippen LogP contribution is 2.31. The number of urea groups is 1. The van der Waals surface area contributed by atoms with Gasteiger partial charge in [0.05, 0.1) is 0 Å². The van der Waals surface area contributed by atoms with Crippen LogP contribution in [-0.2, 0) is 15.1 Å². The first-order valence-electron chi connectivity index (χ1n) is 9.31. The molecule has 0 aromatic heterocycles. The van der Waals surface area contributed by atoms with Crippen LogP contribution in [0.1, 0.15) is 38.7 Å². The molecule has 4 amide bonds. The highest BCUT2D eigenvalue weighted by atomic mass is 19.4. The van der Waals surface area contributed by atoms with E-state index in [1.807, 2.05) is 6.92 Å². The largest absolute Gasteiger partial charge is 0.573 e. The minimum absolute atomic E-state index is 0.0459. The number of nitrogens with zero attached hydrogens (tertiary/aromatic N) is 2. The van der Waals surface area contributed by atoms with Crippen LogP contribution in [0.3, 0.4) is 0 Å². The molecule has 0 saturated carbocycles. The van der Waals surface area contributed by atoms with Crippen LogP contribution in [0.15, 0.2) is 24.3 Å². The van der Waals surface area contributed by atoms with E-state index in [1.165, 1.54) is 19.1 Å². The van der Waals surface area contributed by atoms with Crippen molar-refractivity contribution in [3.63, 3.8) is 0 Å². The third kappa shape index (κ3) is 4.30. The Bertz CT molecular complexity index is 812. The molecule has 1 aromatic carbocycles. The highest BCUT2D eigenvalue weighted by Gasteiger charge is 2.50. The first-order chi connectivity index (χ1) is 13.5. The van der Waals surface area contributed by atoms with E-state index in [1.54, 1.807) is 4.90 Å². The maximum Gasteiger partial charge on any atom is 0.573 e. The monoisotopic (exact) mass is 413 g/mol. The summed E-state index contributed by atoms with van der Waals surface area (Å²) in [6, 6.07) is 4.01. The van der Waals surface area contributed by atoms with Gasteiger partial charge in [-0.25, -0.2) is 4.79 Å². The maximum absolute atomic E-state index is 12.9. The molecule has 2 fully saturated rings. The van der Waals surface area contributed by atoms with E-state index >= 15 is 0 Å². The zero-order valence-electron chi connectivity index (χ0n) is 16.1. The zero-order valence-corrected chi connectivity index (χ0v) is 16.1. The molecular weight excluding hydrogens is 391 g/mol. The zero-order chi connectivity index (χ0) is 21.4. The number of nitrogens with one attached hydrogen (secondary N) is 1. The van der Waals surface area contributed by atoms with E-state index in [4.69, 9.17) is 0 Å². The summed E-state index contributed by atoms with van der Waals surface area (Å²) >= 11 is 0. The van der Waals surface area contributed by atoms with Gasteiger partial charge in [-0.2, -0.15) is 0 Å². The number of carbonyl (C=O) groups is 3. The number of benzene rings is 1. The number of carbonyl (C=O) groups excluding carboxylic acids is 3. The van der Waals surface area contributed by atoms with Gasteiger partial charge < -0.3 is 15.0 Å².